The molecule has 0 saturated carbocycles. The van der Waals surface area contributed by atoms with Gasteiger partial charge in [0.25, 0.3) is 0 Å². The summed E-state index contributed by atoms with van der Waals surface area (Å²) in [4.78, 5) is 3.93. The Bertz CT molecular complexity index is 377. The fourth-order valence-corrected chi connectivity index (χ4v) is 0.945. The molecular formula is C8H9N5. The molecule has 5 heteroatoms. The summed E-state index contributed by atoms with van der Waals surface area (Å²) < 4.78 is 0. The van der Waals surface area contributed by atoms with Crippen LogP contribution < -0.4 is 11.1 Å². The molecule has 1 aromatic rings. The van der Waals surface area contributed by atoms with Gasteiger partial charge in [-0.25, -0.2) is 4.98 Å². The Kier molecular flexibility index (Phi) is 2.45. The van der Waals surface area contributed by atoms with Crippen LogP contribution in [0.4, 0.5) is 11.5 Å². The van der Waals surface area contributed by atoms with Gasteiger partial charge < -0.3 is 16.5 Å². The SMILES string of the molecule is CNc1nc(C#N)c(N)cc1C=N. The molecule has 13 heavy (non-hydrogen) atoms. The van der Waals surface area contributed by atoms with Crippen molar-refractivity contribution in [2.45, 2.75) is 0 Å². The lowest BCUT2D eigenvalue weighted by Gasteiger charge is -2.05. The Balaban J connectivity index is 3.36. The summed E-state index contributed by atoms with van der Waals surface area (Å²) in [6, 6.07) is 3.42. The summed E-state index contributed by atoms with van der Waals surface area (Å²) in [5, 5.41) is 18.5. The van der Waals surface area contributed by atoms with Crippen molar-refractivity contribution in [1.29, 1.82) is 10.7 Å². The average Bonchev–Trinajstić information content (AvgIpc) is 2.17. The van der Waals surface area contributed by atoms with Gasteiger partial charge in [0.1, 0.15) is 11.9 Å². The Morgan fingerprint density at radius 1 is 1.77 bits per heavy atom. The van der Waals surface area contributed by atoms with E-state index in [1.807, 2.05) is 6.07 Å². The van der Waals surface area contributed by atoms with Gasteiger partial charge in [0.05, 0.1) is 5.69 Å². The van der Waals surface area contributed by atoms with Crippen LogP contribution in [0.15, 0.2) is 6.07 Å². The van der Waals surface area contributed by atoms with Crippen molar-refractivity contribution in [2.24, 2.45) is 0 Å². The second-order valence-electron chi connectivity index (χ2n) is 2.37. The third-order valence-corrected chi connectivity index (χ3v) is 1.58. The van der Waals surface area contributed by atoms with Crippen LogP contribution in [-0.2, 0) is 0 Å². The Morgan fingerprint density at radius 3 is 2.92 bits per heavy atom. The highest BCUT2D eigenvalue weighted by Gasteiger charge is 2.05. The summed E-state index contributed by atoms with van der Waals surface area (Å²) >= 11 is 0. The van der Waals surface area contributed by atoms with E-state index < -0.39 is 0 Å². The molecule has 0 radical (unpaired) electrons. The van der Waals surface area contributed by atoms with Crippen LogP contribution in [0.1, 0.15) is 11.3 Å². The van der Waals surface area contributed by atoms with E-state index in [-0.39, 0.29) is 5.69 Å². The molecule has 66 valence electrons. The summed E-state index contributed by atoms with van der Waals surface area (Å²) in [6.07, 6.45) is 1.14. The van der Waals surface area contributed by atoms with Crippen molar-refractivity contribution in [1.82, 2.24) is 4.98 Å². The fraction of sp³-hybridized carbons (Fsp3) is 0.125. The molecule has 0 bridgehead atoms. The van der Waals surface area contributed by atoms with E-state index in [0.717, 1.165) is 6.21 Å². The van der Waals surface area contributed by atoms with E-state index in [9.17, 15) is 0 Å². The number of hydrogen-bond donors (Lipinski definition) is 3. The van der Waals surface area contributed by atoms with Crippen LogP contribution >= 0.6 is 0 Å². The summed E-state index contributed by atoms with van der Waals surface area (Å²) in [5.41, 5.74) is 6.55. The predicted molar refractivity (Wildman–Crippen MR) is 50.8 cm³/mol. The number of nitriles is 1. The molecule has 0 aliphatic rings. The van der Waals surface area contributed by atoms with E-state index in [4.69, 9.17) is 16.4 Å². The lowest BCUT2D eigenvalue weighted by Crippen LogP contribution is -2.03. The maximum Gasteiger partial charge on any atom is 0.165 e. The molecule has 0 aliphatic carbocycles. The van der Waals surface area contributed by atoms with Crippen LogP contribution in [0, 0.1) is 16.7 Å². The van der Waals surface area contributed by atoms with E-state index in [2.05, 4.69) is 10.3 Å². The van der Waals surface area contributed by atoms with Crippen LogP contribution in [-0.4, -0.2) is 18.2 Å². The zero-order chi connectivity index (χ0) is 9.84. The van der Waals surface area contributed by atoms with Crippen LogP contribution in [0.5, 0.6) is 0 Å². The maximum atomic E-state index is 8.62. The highest BCUT2D eigenvalue weighted by atomic mass is 15.0. The molecule has 4 N–H and O–H groups in total. The molecule has 0 saturated heterocycles. The molecule has 0 amide bonds. The first-order valence-electron chi connectivity index (χ1n) is 3.61. The van der Waals surface area contributed by atoms with Crippen molar-refractivity contribution in [2.75, 3.05) is 18.1 Å². The van der Waals surface area contributed by atoms with Crippen molar-refractivity contribution < 1.29 is 0 Å². The molecular weight excluding hydrogens is 166 g/mol. The monoisotopic (exact) mass is 175 g/mol. The minimum Gasteiger partial charge on any atom is -0.396 e. The lowest BCUT2D eigenvalue weighted by molar-refractivity contribution is 1.24. The van der Waals surface area contributed by atoms with Gasteiger partial charge in [-0.2, -0.15) is 5.26 Å². The average molecular weight is 175 g/mol. The van der Waals surface area contributed by atoms with Gasteiger partial charge in [0.15, 0.2) is 5.69 Å². The molecule has 1 rings (SSSR count). The number of aromatic nitrogens is 1. The molecule has 5 nitrogen and oxygen atoms in total. The normalized spacial score (nSPS) is 8.92. The van der Waals surface area contributed by atoms with Gasteiger partial charge in [-0.3, -0.25) is 0 Å². The first kappa shape index (κ1) is 9.00. The van der Waals surface area contributed by atoms with Crippen molar-refractivity contribution in [3.8, 4) is 6.07 Å². The summed E-state index contributed by atoms with van der Waals surface area (Å²) in [5.74, 6) is 0.487. The summed E-state index contributed by atoms with van der Waals surface area (Å²) in [6.45, 7) is 0. The number of anilines is 2. The minimum absolute atomic E-state index is 0.176. The van der Waals surface area contributed by atoms with Crippen molar-refractivity contribution in [3.05, 3.63) is 17.3 Å². The first-order chi connectivity index (χ1) is 6.22. The first-order valence-corrected chi connectivity index (χ1v) is 3.61. The molecule has 0 aliphatic heterocycles. The zero-order valence-corrected chi connectivity index (χ0v) is 7.13. The van der Waals surface area contributed by atoms with E-state index in [0.29, 0.717) is 17.1 Å². The molecule has 0 aromatic carbocycles. The largest absolute Gasteiger partial charge is 0.396 e. The Morgan fingerprint density at radius 2 is 2.46 bits per heavy atom. The third kappa shape index (κ3) is 1.56. The predicted octanol–water partition coefficient (Wildman–Crippen LogP) is 0.575. The molecule has 1 aromatic heterocycles. The molecule has 0 unspecified atom stereocenters. The van der Waals surface area contributed by atoms with Crippen molar-refractivity contribution in [3.63, 3.8) is 0 Å². The summed E-state index contributed by atoms with van der Waals surface area (Å²) in [7, 11) is 1.67. The van der Waals surface area contributed by atoms with Gasteiger partial charge in [-0.05, 0) is 6.07 Å². The van der Waals surface area contributed by atoms with Crippen LogP contribution in [0.2, 0.25) is 0 Å². The topological polar surface area (TPSA) is 98.6 Å². The van der Waals surface area contributed by atoms with Gasteiger partial charge in [-0.1, -0.05) is 0 Å². The Labute approximate surface area is 75.7 Å². The third-order valence-electron chi connectivity index (χ3n) is 1.58. The standard InChI is InChI=1S/C8H9N5/c1-12-8-5(3-9)2-6(11)7(4-10)13-8/h2-3,9H,11H2,1H3,(H,12,13). The molecule has 0 atom stereocenters. The number of nitrogens with zero attached hydrogens (tertiary/aromatic N) is 2. The lowest BCUT2D eigenvalue weighted by atomic mass is 10.2. The van der Waals surface area contributed by atoms with Gasteiger partial charge in [-0.15, -0.1) is 0 Å². The quantitative estimate of drug-likeness (QED) is 0.572. The van der Waals surface area contributed by atoms with E-state index in [1.54, 1.807) is 13.1 Å². The van der Waals surface area contributed by atoms with E-state index >= 15 is 0 Å². The zero-order valence-electron chi connectivity index (χ0n) is 7.13. The smallest absolute Gasteiger partial charge is 0.165 e. The minimum atomic E-state index is 0.176. The molecule has 0 spiro atoms. The maximum absolute atomic E-state index is 8.62. The number of pyridine rings is 1. The van der Waals surface area contributed by atoms with E-state index in [1.165, 1.54) is 0 Å². The molecule has 1 heterocycles. The second-order valence-corrected chi connectivity index (χ2v) is 2.37. The number of nitrogen functional groups attached to an aromatic ring is 1. The van der Waals surface area contributed by atoms with Gasteiger partial charge >= 0.3 is 0 Å². The van der Waals surface area contributed by atoms with Gasteiger partial charge in [0.2, 0.25) is 0 Å². The number of rotatable bonds is 2. The fourth-order valence-electron chi connectivity index (χ4n) is 0.945. The molecule has 0 fully saturated rings. The van der Waals surface area contributed by atoms with Crippen molar-refractivity contribution >= 4 is 17.7 Å². The second kappa shape index (κ2) is 3.54. The van der Waals surface area contributed by atoms with Crippen LogP contribution in [0.25, 0.3) is 0 Å². The van der Waals surface area contributed by atoms with Crippen LogP contribution in [0.3, 0.4) is 0 Å². The highest BCUT2D eigenvalue weighted by Crippen LogP contribution is 2.16. The highest BCUT2D eigenvalue weighted by molar-refractivity contribution is 5.86. The Hall–Kier alpha value is -2.09. The number of hydrogen-bond acceptors (Lipinski definition) is 5. The number of nitrogens with two attached hydrogens (primary N) is 1. The van der Waals surface area contributed by atoms with Gasteiger partial charge in [0, 0.05) is 18.8 Å². The number of nitrogens with one attached hydrogen (secondary N) is 2.